The van der Waals surface area contributed by atoms with Crippen molar-refractivity contribution in [3.8, 4) is 11.3 Å². The first-order chi connectivity index (χ1) is 20.6. The second-order valence-electron chi connectivity index (χ2n) is 11.4. The lowest BCUT2D eigenvalue weighted by molar-refractivity contribution is -0.184. The second kappa shape index (κ2) is 11.1. The molecule has 4 aromatic rings. The summed E-state index contributed by atoms with van der Waals surface area (Å²) in [5.41, 5.74) is 7.35. The predicted octanol–water partition coefficient (Wildman–Crippen LogP) is 3.94. The summed E-state index contributed by atoms with van der Waals surface area (Å²) in [6.45, 7) is 2.03. The molecule has 0 bridgehead atoms. The molecule has 1 saturated heterocycles. The SMILES string of the molecule is COC(=O)N(C)C1C(C)CC(c2ccncc2Nc2ncc3ccc(-c4c(F)cc(C5(O)COC5)cc4F)nn23)CC1N. The first-order valence-corrected chi connectivity index (χ1v) is 14.0. The highest BCUT2D eigenvalue weighted by Gasteiger charge is 2.40. The van der Waals surface area contributed by atoms with Gasteiger partial charge >= 0.3 is 6.09 Å². The number of imidazole rings is 1. The molecule has 4 heterocycles. The third kappa shape index (κ3) is 5.17. The summed E-state index contributed by atoms with van der Waals surface area (Å²) in [6.07, 6.45) is 5.99. The van der Waals surface area contributed by atoms with E-state index in [1.807, 2.05) is 6.07 Å². The maximum atomic E-state index is 15.2. The second-order valence-corrected chi connectivity index (χ2v) is 11.4. The lowest BCUT2D eigenvalue weighted by Crippen LogP contribution is -2.55. The standard InChI is InChI=1S/C30H33F2N7O4/c1-16-8-17(9-23(33)27(16)38(2)29(40)42-3)20-6-7-34-13-25(20)36-28-35-12-19-4-5-24(37-39(19)28)26-21(31)10-18(11-22(26)32)30(41)14-43-15-30/h4-7,10-13,16-17,23,27,41H,8-9,14-15,33H2,1-3H3,(H,35,36). The zero-order chi connectivity index (χ0) is 30.5. The van der Waals surface area contributed by atoms with Gasteiger partial charge in [-0.25, -0.2) is 18.6 Å². The number of ether oxygens (including phenoxy) is 2. The number of halogens is 2. The van der Waals surface area contributed by atoms with Gasteiger partial charge in [-0.2, -0.15) is 9.61 Å². The molecular weight excluding hydrogens is 560 g/mol. The molecule has 6 rings (SSSR count). The van der Waals surface area contributed by atoms with Crippen LogP contribution in [0.3, 0.4) is 0 Å². The number of methoxy groups -OCH3 is 1. The number of amides is 1. The fourth-order valence-electron chi connectivity index (χ4n) is 6.40. The highest BCUT2D eigenvalue weighted by Crippen LogP contribution is 2.41. The van der Waals surface area contributed by atoms with E-state index in [0.717, 1.165) is 24.1 Å². The van der Waals surface area contributed by atoms with Crippen molar-refractivity contribution < 1.29 is 28.2 Å². The predicted molar refractivity (Wildman–Crippen MR) is 154 cm³/mol. The number of rotatable bonds is 6. The van der Waals surface area contributed by atoms with E-state index in [2.05, 4.69) is 27.3 Å². The summed E-state index contributed by atoms with van der Waals surface area (Å²) in [6, 6.07) is 6.91. The highest BCUT2D eigenvalue weighted by molar-refractivity contribution is 5.68. The number of hydrogen-bond donors (Lipinski definition) is 3. The van der Waals surface area contributed by atoms with Crippen molar-refractivity contribution >= 4 is 23.2 Å². The summed E-state index contributed by atoms with van der Waals surface area (Å²) in [5, 5.41) is 18.3. The van der Waals surface area contributed by atoms with Crippen molar-refractivity contribution in [3.63, 3.8) is 0 Å². The van der Waals surface area contributed by atoms with Crippen LogP contribution in [-0.2, 0) is 15.1 Å². The third-order valence-corrected chi connectivity index (χ3v) is 8.59. The minimum absolute atomic E-state index is 0.0212. The van der Waals surface area contributed by atoms with E-state index in [9.17, 15) is 9.90 Å². The summed E-state index contributed by atoms with van der Waals surface area (Å²) in [7, 11) is 3.06. The largest absolute Gasteiger partial charge is 0.453 e. The summed E-state index contributed by atoms with van der Waals surface area (Å²) < 4.78 is 41.8. The molecule has 2 aliphatic rings. The average molecular weight is 594 g/mol. The molecule has 1 amide bonds. The molecular formula is C30H33F2N7O4. The van der Waals surface area contributed by atoms with Gasteiger partial charge in [0.1, 0.15) is 17.2 Å². The average Bonchev–Trinajstić information content (AvgIpc) is 3.36. The summed E-state index contributed by atoms with van der Waals surface area (Å²) in [4.78, 5) is 22.5. The van der Waals surface area contributed by atoms with Crippen molar-refractivity contribution in [2.24, 2.45) is 11.7 Å². The monoisotopic (exact) mass is 593 g/mol. The lowest BCUT2D eigenvalue weighted by Gasteiger charge is -2.43. The number of carbonyl (C=O) groups is 1. The van der Waals surface area contributed by atoms with E-state index in [-0.39, 0.29) is 54.0 Å². The molecule has 226 valence electrons. The van der Waals surface area contributed by atoms with Gasteiger partial charge in [-0.1, -0.05) is 6.92 Å². The van der Waals surface area contributed by atoms with Crippen LogP contribution in [-0.4, -0.2) is 75.1 Å². The number of aromatic nitrogens is 4. The van der Waals surface area contributed by atoms with Gasteiger partial charge in [-0.3, -0.25) is 4.98 Å². The maximum Gasteiger partial charge on any atom is 0.409 e. The Morgan fingerprint density at radius 2 is 1.95 bits per heavy atom. The molecule has 11 nitrogen and oxygen atoms in total. The van der Waals surface area contributed by atoms with Crippen LogP contribution in [0.4, 0.5) is 25.2 Å². The van der Waals surface area contributed by atoms with E-state index in [1.165, 1.54) is 17.7 Å². The van der Waals surface area contributed by atoms with Gasteiger partial charge in [-0.05, 0) is 66.1 Å². The number of nitrogens with one attached hydrogen (secondary N) is 1. The minimum Gasteiger partial charge on any atom is -0.453 e. The van der Waals surface area contributed by atoms with Crippen LogP contribution in [0.15, 0.2) is 48.9 Å². The number of fused-ring (bicyclic) bond motifs is 1. The van der Waals surface area contributed by atoms with E-state index < -0.39 is 23.3 Å². The minimum atomic E-state index is -1.40. The van der Waals surface area contributed by atoms with Gasteiger partial charge in [0.15, 0.2) is 0 Å². The molecule has 4 atom stereocenters. The molecule has 43 heavy (non-hydrogen) atoms. The number of nitrogens with two attached hydrogens (primary N) is 1. The van der Waals surface area contributed by atoms with Crippen LogP contribution in [0.2, 0.25) is 0 Å². The Balaban J connectivity index is 1.28. The zero-order valence-electron chi connectivity index (χ0n) is 24.0. The Labute approximate surface area is 246 Å². The van der Waals surface area contributed by atoms with Gasteiger partial charge in [0.05, 0.1) is 61.2 Å². The van der Waals surface area contributed by atoms with Crippen LogP contribution in [0.1, 0.15) is 36.8 Å². The number of hydrogen-bond acceptors (Lipinski definition) is 9. The molecule has 1 aromatic carbocycles. The first kappa shape index (κ1) is 28.9. The fourth-order valence-corrected chi connectivity index (χ4v) is 6.40. The van der Waals surface area contributed by atoms with E-state index in [0.29, 0.717) is 23.6 Å². The number of carbonyl (C=O) groups excluding carboxylic acids is 1. The smallest absolute Gasteiger partial charge is 0.409 e. The van der Waals surface area contributed by atoms with Crippen LogP contribution < -0.4 is 11.1 Å². The summed E-state index contributed by atoms with van der Waals surface area (Å²) >= 11 is 0. The quantitative estimate of drug-likeness (QED) is 0.303. The van der Waals surface area contributed by atoms with Crippen LogP contribution in [0, 0.1) is 17.6 Å². The number of aliphatic hydroxyl groups is 1. The van der Waals surface area contributed by atoms with Gasteiger partial charge < -0.3 is 30.5 Å². The molecule has 1 aliphatic carbocycles. The number of nitrogens with zero attached hydrogens (tertiary/aromatic N) is 5. The number of benzene rings is 1. The van der Waals surface area contributed by atoms with E-state index in [1.54, 1.807) is 36.6 Å². The van der Waals surface area contributed by atoms with Crippen molar-refractivity contribution in [2.45, 2.75) is 43.4 Å². The van der Waals surface area contributed by atoms with Crippen molar-refractivity contribution in [1.29, 1.82) is 0 Å². The normalized spacial score (nSPS) is 23.0. The van der Waals surface area contributed by atoms with Crippen molar-refractivity contribution in [3.05, 3.63) is 71.7 Å². The van der Waals surface area contributed by atoms with Gasteiger partial charge in [0.25, 0.3) is 0 Å². The van der Waals surface area contributed by atoms with Crippen LogP contribution in [0.5, 0.6) is 0 Å². The van der Waals surface area contributed by atoms with Crippen molar-refractivity contribution in [1.82, 2.24) is 24.5 Å². The summed E-state index contributed by atoms with van der Waals surface area (Å²) in [5.74, 6) is -1.18. The Morgan fingerprint density at radius 1 is 1.21 bits per heavy atom. The maximum absolute atomic E-state index is 15.2. The highest BCUT2D eigenvalue weighted by atomic mass is 19.1. The Bertz CT molecular complexity index is 1640. The Hall–Kier alpha value is -4.20. The number of pyridine rings is 1. The number of anilines is 2. The molecule has 1 saturated carbocycles. The fraction of sp³-hybridized carbons (Fsp3) is 0.400. The van der Waals surface area contributed by atoms with Gasteiger partial charge in [0, 0.05) is 19.3 Å². The van der Waals surface area contributed by atoms with Gasteiger partial charge in [-0.15, -0.1) is 0 Å². The lowest BCUT2D eigenvalue weighted by atomic mass is 9.73. The van der Waals surface area contributed by atoms with Crippen LogP contribution >= 0.6 is 0 Å². The Kier molecular flexibility index (Phi) is 7.48. The third-order valence-electron chi connectivity index (χ3n) is 8.59. The molecule has 4 N–H and O–H groups in total. The van der Waals surface area contributed by atoms with E-state index >= 15 is 8.78 Å². The molecule has 2 fully saturated rings. The molecule has 13 heteroatoms. The zero-order valence-corrected chi connectivity index (χ0v) is 24.0. The Morgan fingerprint density at radius 3 is 2.60 bits per heavy atom. The topological polar surface area (TPSA) is 140 Å². The first-order valence-electron chi connectivity index (χ1n) is 14.0. The van der Waals surface area contributed by atoms with Crippen LogP contribution in [0.25, 0.3) is 16.8 Å². The molecule has 1 aliphatic heterocycles. The molecule has 0 spiro atoms. The molecule has 4 unspecified atom stereocenters. The molecule has 3 aromatic heterocycles. The van der Waals surface area contributed by atoms with Crippen molar-refractivity contribution in [2.75, 3.05) is 32.7 Å². The van der Waals surface area contributed by atoms with E-state index in [4.69, 9.17) is 15.2 Å². The molecule has 0 radical (unpaired) electrons. The number of likely N-dealkylation sites (N-methyl/N-ethyl adjacent to an activating group) is 1. The van der Waals surface area contributed by atoms with Gasteiger partial charge in [0.2, 0.25) is 5.95 Å².